The first-order valence-corrected chi connectivity index (χ1v) is 12.1. The van der Waals surface area contributed by atoms with Gasteiger partial charge in [-0.15, -0.1) is 0 Å². The van der Waals surface area contributed by atoms with Crippen LogP contribution in [0.4, 0.5) is 37.7 Å². The van der Waals surface area contributed by atoms with E-state index in [9.17, 15) is 46.1 Å². The lowest BCUT2D eigenvalue weighted by Gasteiger charge is -2.38. The Morgan fingerprint density at radius 3 is 1.78 bits per heavy atom. The molecule has 1 aliphatic carbocycles. The average molecular weight is 572 g/mol. The highest BCUT2D eigenvalue weighted by Gasteiger charge is 2.72. The molecule has 2 atom stereocenters. The van der Waals surface area contributed by atoms with Gasteiger partial charge in [-0.2, -0.15) is 26.3 Å². The summed E-state index contributed by atoms with van der Waals surface area (Å²) in [6, 6.07) is 14.2. The first kappa shape index (κ1) is 26.8. The molecular weight excluding hydrogens is 554 g/mol. The van der Waals surface area contributed by atoms with Crippen LogP contribution in [0, 0.1) is 6.92 Å². The van der Waals surface area contributed by atoms with E-state index in [1.165, 1.54) is 37.3 Å². The van der Waals surface area contributed by atoms with E-state index in [1.54, 1.807) is 0 Å². The summed E-state index contributed by atoms with van der Waals surface area (Å²) < 4.78 is 80.2. The molecule has 6 rings (SSSR count). The van der Waals surface area contributed by atoms with Gasteiger partial charge >= 0.3 is 12.4 Å². The maximum atomic E-state index is 14.1. The van der Waals surface area contributed by atoms with Gasteiger partial charge in [0.15, 0.2) is 0 Å². The number of aliphatic hydroxyl groups is 2. The minimum absolute atomic E-state index is 0.00798. The van der Waals surface area contributed by atoms with Crippen LogP contribution in [0.3, 0.4) is 0 Å². The normalized spacial score (nSPS) is 21.6. The number of aryl methyl sites for hydroxylation is 1. The van der Waals surface area contributed by atoms with Crippen LogP contribution in [0.1, 0.15) is 38.3 Å². The molecule has 0 radical (unpaired) electrons. The smallest absolute Gasteiger partial charge is 0.372 e. The summed E-state index contributed by atoms with van der Waals surface area (Å²) in [5.41, 5.74) is -9.34. The quantitative estimate of drug-likeness (QED) is 0.307. The van der Waals surface area contributed by atoms with Crippen LogP contribution in [0.25, 0.3) is 5.69 Å². The second kappa shape index (κ2) is 8.30. The molecular formula is C29H18F6N2O4. The van der Waals surface area contributed by atoms with E-state index in [0.29, 0.717) is 0 Å². The molecule has 41 heavy (non-hydrogen) atoms. The van der Waals surface area contributed by atoms with Crippen LogP contribution in [0.15, 0.2) is 83.7 Å². The highest BCUT2D eigenvalue weighted by Crippen LogP contribution is 2.61. The second-order valence-corrected chi connectivity index (χ2v) is 9.87. The fraction of sp³-hybridized carbons (Fsp3) is 0.172. The number of hydrogen-bond donors (Lipinski definition) is 2. The van der Waals surface area contributed by atoms with Crippen molar-refractivity contribution in [1.82, 2.24) is 4.57 Å². The van der Waals surface area contributed by atoms with E-state index >= 15 is 0 Å². The summed E-state index contributed by atoms with van der Waals surface area (Å²) in [7, 11) is 0. The molecule has 2 N–H and O–H groups in total. The van der Waals surface area contributed by atoms with Gasteiger partial charge in [-0.05, 0) is 61.5 Å². The number of anilines is 2. The number of halogens is 6. The molecule has 0 fully saturated rings. The van der Waals surface area contributed by atoms with Crippen LogP contribution < -0.4 is 10.5 Å². The van der Waals surface area contributed by atoms with Gasteiger partial charge in [-0.25, -0.2) is 0 Å². The van der Waals surface area contributed by atoms with Gasteiger partial charge in [-0.1, -0.05) is 24.3 Å². The van der Waals surface area contributed by atoms with Gasteiger partial charge in [-0.3, -0.25) is 14.2 Å². The van der Waals surface area contributed by atoms with Crippen molar-refractivity contribution in [3.8, 4) is 5.69 Å². The topological polar surface area (TPSA) is 82.8 Å². The van der Waals surface area contributed by atoms with Crippen LogP contribution in [-0.4, -0.2) is 20.6 Å². The van der Waals surface area contributed by atoms with Gasteiger partial charge < -0.3 is 15.1 Å². The molecule has 210 valence electrons. The number of fused-ring (bicyclic) bond motifs is 5. The van der Waals surface area contributed by atoms with Gasteiger partial charge in [0.05, 0.1) is 22.4 Å². The average Bonchev–Trinajstić information content (AvgIpc) is 3.21. The zero-order chi connectivity index (χ0) is 29.7. The van der Waals surface area contributed by atoms with Crippen molar-refractivity contribution in [1.29, 1.82) is 0 Å². The van der Waals surface area contributed by atoms with Gasteiger partial charge in [0.2, 0.25) is 17.1 Å². The molecule has 6 nitrogen and oxygen atoms in total. The summed E-state index contributed by atoms with van der Waals surface area (Å²) in [5.74, 6) is -1.02. The number of hydrogen-bond acceptors (Lipinski definition) is 5. The van der Waals surface area contributed by atoms with Crippen molar-refractivity contribution < 1.29 is 41.4 Å². The minimum Gasteiger partial charge on any atom is -0.372 e. The summed E-state index contributed by atoms with van der Waals surface area (Å²) in [4.78, 5) is 28.8. The maximum absolute atomic E-state index is 14.1. The molecule has 0 spiro atoms. The third kappa shape index (κ3) is 3.47. The van der Waals surface area contributed by atoms with Crippen LogP contribution in [0.2, 0.25) is 0 Å². The molecule has 0 amide bonds. The van der Waals surface area contributed by atoms with Gasteiger partial charge in [0.1, 0.15) is 0 Å². The number of nitrogens with zero attached hydrogens (tertiary/aromatic N) is 2. The molecule has 0 saturated carbocycles. The monoisotopic (exact) mass is 572 g/mol. The summed E-state index contributed by atoms with van der Waals surface area (Å²) in [5, 5.41) is 24.3. The number of pyridine rings is 1. The number of alkyl halides is 6. The van der Waals surface area contributed by atoms with E-state index in [-0.39, 0.29) is 33.9 Å². The highest BCUT2D eigenvalue weighted by molar-refractivity contribution is 6.12. The van der Waals surface area contributed by atoms with Crippen molar-refractivity contribution >= 4 is 17.2 Å². The molecule has 1 aliphatic heterocycles. The fourth-order valence-electron chi connectivity index (χ4n) is 5.76. The lowest BCUT2D eigenvalue weighted by molar-refractivity contribution is -0.138. The summed E-state index contributed by atoms with van der Waals surface area (Å²) in [6.45, 7) is 1.45. The number of rotatable bonds is 2. The Hall–Kier alpha value is -4.42. The van der Waals surface area contributed by atoms with Crippen molar-refractivity contribution in [2.75, 3.05) is 4.90 Å². The standard InChI is InChI=1S/C29H18F6N2O4/c1-15-14-22-23(25(39)36(15)18-10-6-16(7-11-18)28(30,31)32)26(40)24(38)20-4-2-3-5-21(20)27(26,41)37(22)19-12-8-17(9-13-19)29(33,34)35/h2-14,40-41H,1H3. The predicted octanol–water partition coefficient (Wildman–Crippen LogP) is 5.56. The van der Waals surface area contributed by atoms with Crippen LogP contribution in [-0.2, 0) is 23.7 Å². The Balaban J connectivity index is 1.64. The first-order valence-electron chi connectivity index (χ1n) is 12.1. The molecule has 2 unspecified atom stereocenters. The Bertz CT molecular complexity index is 1790. The van der Waals surface area contributed by atoms with E-state index in [1.807, 2.05) is 0 Å². The third-order valence-electron chi connectivity index (χ3n) is 7.58. The third-order valence-corrected chi connectivity index (χ3v) is 7.58. The molecule has 4 aromatic rings. The largest absolute Gasteiger partial charge is 0.416 e. The number of aromatic nitrogens is 1. The number of carbonyl (C=O) groups excluding carboxylic acids is 1. The zero-order valence-electron chi connectivity index (χ0n) is 20.9. The molecule has 0 bridgehead atoms. The Kier molecular flexibility index (Phi) is 5.42. The fourth-order valence-corrected chi connectivity index (χ4v) is 5.76. The molecule has 2 heterocycles. The number of ketones is 1. The number of Topliss-reactive ketones (excluding diaryl/α,β-unsaturated/α-hetero) is 1. The Labute approximate surface area is 227 Å². The molecule has 2 aliphatic rings. The van der Waals surface area contributed by atoms with Crippen LogP contribution in [0.5, 0.6) is 0 Å². The lowest BCUT2D eigenvalue weighted by atomic mass is 9.86. The zero-order valence-corrected chi connectivity index (χ0v) is 20.9. The van der Waals surface area contributed by atoms with Gasteiger partial charge in [0.25, 0.3) is 5.56 Å². The van der Waals surface area contributed by atoms with E-state index in [4.69, 9.17) is 0 Å². The molecule has 1 aromatic heterocycles. The van der Waals surface area contributed by atoms with Crippen molar-refractivity contribution in [3.63, 3.8) is 0 Å². The Morgan fingerprint density at radius 1 is 0.732 bits per heavy atom. The van der Waals surface area contributed by atoms with E-state index in [2.05, 4.69) is 0 Å². The summed E-state index contributed by atoms with van der Waals surface area (Å²) >= 11 is 0. The number of carbonyl (C=O) groups is 1. The molecule has 3 aromatic carbocycles. The van der Waals surface area contributed by atoms with Crippen molar-refractivity contribution in [2.45, 2.75) is 30.6 Å². The maximum Gasteiger partial charge on any atom is 0.416 e. The minimum atomic E-state index is -4.67. The SMILES string of the molecule is Cc1cc2c(c(=O)n1-c1ccc(C(F)(F)F)cc1)C1(O)C(=O)c3ccccc3C1(O)N2c1ccc(C(F)(F)F)cc1. The molecule has 12 heteroatoms. The molecule has 0 saturated heterocycles. The van der Waals surface area contributed by atoms with Crippen LogP contribution >= 0.6 is 0 Å². The highest BCUT2D eigenvalue weighted by atomic mass is 19.4. The number of benzene rings is 3. The van der Waals surface area contributed by atoms with E-state index < -0.39 is 51.7 Å². The predicted molar refractivity (Wildman–Crippen MR) is 134 cm³/mol. The summed E-state index contributed by atoms with van der Waals surface area (Å²) in [6.07, 6.45) is -9.30. The second-order valence-electron chi connectivity index (χ2n) is 9.87. The Morgan fingerprint density at radius 2 is 1.24 bits per heavy atom. The van der Waals surface area contributed by atoms with Gasteiger partial charge in [0, 0.05) is 28.2 Å². The van der Waals surface area contributed by atoms with Crippen molar-refractivity contribution in [2.24, 2.45) is 0 Å². The first-order chi connectivity index (χ1) is 19.1. The van der Waals surface area contributed by atoms with Crippen molar-refractivity contribution in [3.05, 3.63) is 123 Å². The van der Waals surface area contributed by atoms with E-state index in [0.717, 1.165) is 58.0 Å². The lowest BCUT2D eigenvalue weighted by Crippen LogP contribution is -2.54.